The highest BCUT2D eigenvalue weighted by Gasteiger charge is 2.26. The summed E-state index contributed by atoms with van der Waals surface area (Å²) in [4.78, 5) is 10.8. The minimum absolute atomic E-state index is 0.552. The molecule has 0 aromatic heterocycles. The molecule has 100 valence electrons. The lowest BCUT2D eigenvalue weighted by atomic mass is 9.97. The molecule has 1 unspecified atom stereocenters. The molecule has 1 fully saturated rings. The molecule has 1 aliphatic heterocycles. The number of aliphatic carboxylic acids is 1. The molecule has 17 heavy (non-hydrogen) atoms. The number of hydrogen-bond acceptors (Lipinski definition) is 4. The molecule has 1 saturated heterocycles. The Bertz CT molecular complexity index is 240. The number of hydrogen-bond donors (Lipinski definition) is 2. The van der Waals surface area contributed by atoms with Crippen LogP contribution >= 0.6 is 11.8 Å². The quantitative estimate of drug-likeness (QED) is 0.684. The van der Waals surface area contributed by atoms with Crippen LogP contribution in [0.5, 0.6) is 0 Å². The van der Waals surface area contributed by atoms with E-state index in [9.17, 15) is 4.79 Å². The van der Waals surface area contributed by atoms with Gasteiger partial charge in [-0.2, -0.15) is 11.8 Å². The summed E-state index contributed by atoms with van der Waals surface area (Å²) in [6, 6.07) is 0. The van der Waals surface area contributed by atoms with Crippen LogP contribution in [0.1, 0.15) is 39.0 Å². The molecule has 5 heteroatoms. The third-order valence-electron chi connectivity index (χ3n) is 3.10. The summed E-state index contributed by atoms with van der Waals surface area (Å²) in [5.41, 5.74) is 4.60. The maximum atomic E-state index is 10.8. The van der Waals surface area contributed by atoms with E-state index in [1.165, 1.54) is 0 Å². The van der Waals surface area contributed by atoms with Crippen molar-refractivity contribution in [3.63, 3.8) is 0 Å². The van der Waals surface area contributed by atoms with E-state index < -0.39 is 11.5 Å². The zero-order chi connectivity index (χ0) is 12.7. The van der Waals surface area contributed by atoms with Gasteiger partial charge < -0.3 is 15.6 Å². The number of carboxylic acids is 1. The van der Waals surface area contributed by atoms with E-state index in [0.29, 0.717) is 6.42 Å². The first-order valence-electron chi connectivity index (χ1n) is 6.24. The molecule has 0 saturated carbocycles. The Kier molecular flexibility index (Phi) is 6.30. The highest BCUT2D eigenvalue weighted by atomic mass is 32.2. The van der Waals surface area contributed by atoms with Crippen molar-refractivity contribution in [3.8, 4) is 0 Å². The van der Waals surface area contributed by atoms with E-state index in [0.717, 1.165) is 49.9 Å². The lowest BCUT2D eigenvalue weighted by Gasteiger charge is -2.22. The highest BCUT2D eigenvalue weighted by molar-refractivity contribution is 7.99. The van der Waals surface area contributed by atoms with Gasteiger partial charge in [0.2, 0.25) is 0 Å². The topological polar surface area (TPSA) is 72.5 Å². The Morgan fingerprint density at radius 3 is 2.71 bits per heavy atom. The van der Waals surface area contributed by atoms with Gasteiger partial charge in [0.25, 0.3) is 0 Å². The van der Waals surface area contributed by atoms with Gasteiger partial charge in [-0.3, -0.25) is 4.79 Å². The van der Waals surface area contributed by atoms with Crippen molar-refractivity contribution in [2.24, 2.45) is 5.73 Å². The van der Waals surface area contributed by atoms with Crippen molar-refractivity contribution >= 4 is 17.7 Å². The van der Waals surface area contributed by atoms with Gasteiger partial charge in [-0.05, 0) is 38.4 Å². The summed E-state index contributed by atoms with van der Waals surface area (Å²) in [6.45, 7) is 3.36. The zero-order valence-electron chi connectivity index (χ0n) is 10.5. The summed E-state index contributed by atoms with van der Waals surface area (Å²) in [6.07, 6.45) is 4.77. The molecule has 1 aliphatic rings. The minimum Gasteiger partial charge on any atom is -0.480 e. The number of unbranched alkanes of at least 4 members (excludes halogenated alkanes) is 1. The second-order valence-corrected chi connectivity index (χ2v) is 6.27. The van der Waals surface area contributed by atoms with Crippen LogP contribution < -0.4 is 5.73 Å². The Labute approximate surface area is 107 Å². The highest BCUT2D eigenvalue weighted by Crippen LogP contribution is 2.23. The molecule has 1 atom stereocenters. The van der Waals surface area contributed by atoms with Crippen LogP contribution in [0.3, 0.4) is 0 Å². The van der Waals surface area contributed by atoms with Crippen LogP contribution in [-0.2, 0) is 9.53 Å². The number of thioether (sulfide) groups is 1. The van der Waals surface area contributed by atoms with E-state index in [2.05, 4.69) is 0 Å². The second-order valence-electron chi connectivity index (χ2n) is 4.86. The van der Waals surface area contributed by atoms with Gasteiger partial charge in [0.1, 0.15) is 5.54 Å². The molecule has 4 nitrogen and oxygen atoms in total. The lowest BCUT2D eigenvalue weighted by Crippen LogP contribution is -2.44. The minimum atomic E-state index is -1.07. The monoisotopic (exact) mass is 261 g/mol. The summed E-state index contributed by atoms with van der Waals surface area (Å²) >= 11 is 1.99. The normalized spacial score (nSPS) is 21.1. The molecule has 0 radical (unpaired) electrons. The zero-order valence-corrected chi connectivity index (χ0v) is 11.3. The van der Waals surface area contributed by atoms with Gasteiger partial charge in [-0.15, -0.1) is 0 Å². The molecule has 1 heterocycles. The first-order chi connectivity index (χ1) is 8.02. The third kappa shape index (κ3) is 5.75. The summed E-state index contributed by atoms with van der Waals surface area (Å²) in [5, 5.41) is 9.59. The Balaban J connectivity index is 2.02. The molecular weight excluding hydrogens is 238 g/mol. The average molecular weight is 261 g/mol. The van der Waals surface area contributed by atoms with Gasteiger partial charge in [0, 0.05) is 18.5 Å². The van der Waals surface area contributed by atoms with Crippen LogP contribution in [0.15, 0.2) is 0 Å². The fraction of sp³-hybridized carbons (Fsp3) is 0.917. The smallest absolute Gasteiger partial charge is 0.323 e. The fourth-order valence-electron chi connectivity index (χ4n) is 1.79. The summed E-state index contributed by atoms with van der Waals surface area (Å²) < 4.78 is 5.30. The molecule has 0 aliphatic carbocycles. The van der Waals surface area contributed by atoms with Gasteiger partial charge in [0.05, 0.1) is 0 Å². The number of ether oxygens (including phenoxy) is 1. The van der Waals surface area contributed by atoms with E-state index in [-0.39, 0.29) is 0 Å². The predicted octanol–water partition coefficient (Wildman–Crippen LogP) is 1.87. The molecule has 0 amide bonds. The van der Waals surface area contributed by atoms with Crippen molar-refractivity contribution in [2.75, 3.05) is 19.0 Å². The van der Waals surface area contributed by atoms with E-state index >= 15 is 0 Å². The lowest BCUT2D eigenvalue weighted by molar-refractivity contribution is -0.142. The van der Waals surface area contributed by atoms with E-state index in [1.807, 2.05) is 11.8 Å². The van der Waals surface area contributed by atoms with Crippen molar-refractivity contribution in [2.45, 2.75) is 49.8 Å². The first-order valence-corrected chi connectivity index (χ1v) is 7.29. The van der Waals surface area contributed by atoms with Crippen LogP contribution in [0.25, 0.3) is 0 Å². The molecular formula is C12H23NO3S. The van der Waals surface area contributed by atoms with Crippen LogP contribution in [-0.4, -0.2) is 40.8 Å². The van der Waals surface area contributed by atoms with Gasteiger partial charge in [0.15, 0.2) is 0 Å². The van der Waals surface area contributed by atoms with Crippen LogP contribution in [0.2, 0.25) is 0 Å². The SMILES string of the molecule is CC(N)(CCCCSC1CCOCC1)C(=O)O. The Morgan fingerprint density at radius 2 is 2.12 bits per heavy atom. The van der Waals surface area contributed by atoms with E-state index in [4.69, 9.17) is 15.6 Å². The van der Waals surface area contributed by atoms with Gasteiger partial charge in [-0.25, -0.2) is 0 Å². The van der Waals surface area contributed by atoms with Gasteiger partial charge >= 0.3 is 5.97 Å². The number of nitrogens with two attached hydrogens (primary N) is 1. The summed E-state index contributed by atoms with van der Waals surface area (Å²) in [5.74, 6) is 0.190. The Morgan fingerprint density at radius 1 is 1.47 bits per heavy atom. The van der Waals surface area contributed by atoms with Crippen molar-refractivity contribution in [3.05, 3.63) is 0 Å². The van der Waals surface area contributed by atoms with Crippen molar-refractivity contribution < 1.29 is 14.6 Å². The maximum absolute atomic E-state index is 10.8. The maximum Gasteiger partial charge on any atom is 0.323 e. The third-order valence-corrected chi connectivity index (χ3v) is 4.57. The molecule has 0 aromatic rings. The first kappa shape index (κ1) is 14.8. The molecule has 0 spiro atoms. The number of carbonyl (C=O) groups is 1. The number of carboxylic acid groups (broad SMARTS) is 1. The molecule has 1 rings (SSSR count). The fourth-order valence-corrected chi connectivity index (χ4v) is 3.02. The number of rotatable bonds is 7. The molecule has 3 N–H and O–H groups in total. The van der Waals surface area contributed by atoms with Crippen LogP contribution in [0, 0.1) is 0 Å². The Hall–Kier alpha value is -0.260. The van der Waals surface area contributed by atoms with Crippen molar-refractivity contribution in [1.82, 2.24) is 0 Å². The van der Waals surface area contributed by atoms with Crippen LogP contribution in [0.4, 0.5) is 0 Å². The summed E-state index contributed by atoms with van der Waals surface area (Å²) in [7, 11) is 0. The van der Waals surface area contributed by atoms with E-state index in [1.54, 1.807) is 6.92 Å². The predicted molar refractivity (Wildman–Crippen MR) is 70.4 cm³/mol. The molecule has 0 bridgehead atoms. The second kappa shape index (κ2) is 7.24. The van der Waals surface area contributed by atoms with Gasteiger partial charge in [-0.1, -0.05) is 6.42 Å². The van der Waals surface area contributed by atoms with Crippen molar-refractivity contribution in [1.29, 1.82) is 0 Å². The average Bonchev–Trinajstić information content (AvgIpc) is 2.29. The standard InChI is InChI=1S/C12H23NO3S/c1-12(13,11(14)15)6-2-3-9-17-10-4-7-16-8-5-10/h10H,2-9,13H2,1H3,(H,14,15). The largest absolute Gasteiger partial charge is 0.480 e. The molecule has 0 aromatic carbocycles.